The number of benzene rings is 1. The molecule has 11 heteroatoms. The highest BCUT2D eigenvalue weighted by Gasteiger charge is 2.44. The topological polar surface area (TPSA) is 115 Å². The maximum absolute atomic E-state index is 11.7. The van der Waals surface area contributed by atoms with E-state index in [1.54, 1.807) is 19.5 Å². The number of nitrogens with one attached hydrogen (secondary N) is 2. The minimum absolute atomic E-state index is 0.345. The van der Waals surface area contributed by atoms with Gasteiger partial charge in [-0.05, 0) is 43.9 Å². The van der Waals surface area contributed by atoms with Crippen LogP contribution in [0.1, 0.15) is 24.8 Å². The van der Waals surface area contributed by atoms with E-state index in [-0.39, 0.29) is 6.09 Å². The third kappa shape index (κ3) is 4.33. The standard InChI is InChI=1S/C28H29N7O4/c1-37-23-13-20(5-6-22(23)35-9-3-7-28(17-35)16-31-27(36)39-28)32-24-25-29-8-10-34(25)15-21(33-24)19-12-18-4-2-11-38-26(18)30-14-19/h5-6,8,10,12-15H,2-4,7,9,11,16-17H2,1H3,(H,31,36)(H,32,33). The second-order valence-corrected chi connectivity index (χ2v) is 10.2. The van der Waals surface area contributed by atoms with E-state index in [0.717, 1.165) is 66.2 Å². The fourth-order valence-electron chi connectivity index (χ4n) is 5.72. The van der Waals surface area contributed by atoms with Crippen LogP contribution in [0.4, 0.5) is 22.0 Å². The number of hydrogen-bond donors (Lipinski definition) is 2. The first-order valence-corrected chi connectivity index (χ1v) is 13.2. The van der Waals surface area contributed by atoms with Crippen molar-refractivity contribution in [3.05, 3.63) is 54.6 Å². The number of nitrogens with zero attached hydrogens (tertiary/aromatic N) is 5. The maximum atomic E-state index is 11.7. The van der Waals surface area contributed by atoms with Crippen molar-refractivity contribution >= 4 is 28.9 Å². The van der Waals surface area contributed by atoms with Crippen molar-refractivity contribution in [1.29, 1.82) is 0 Å². The van der Waals surface area contributed by atoms with E-state index in [9.17, 15) is 4.79 Å². The number of rotatable bonds is 5. The van der Waals surface area contributed by atoms with Crippen LogP contribution in [0.15, 0.2) is 49.1 Å². The largest absolute Gasteiger partial charge is 0.495 e. The molecule has 11 nitrogen and oxygen atoms in total. The maximum Gasteiger partial charge on any atom is 0.407 e. The number of methoxy groups -OCH3 is 1. The summed E-state index contributed by atoms with van der Waals surface area (Å²) in [6, 6.07) is 8.10. The minimum Gasteiger partial charge on any atom is -0.495 e. The zero-order chi connectivity index (χ0) is 26.4. The highest BCUT2D eigenvalue weighted by molar-refractivity contribution is 5.76. The van der Waals surface area contributed by atoms with Crippen LogP contribution in [0.2, 0.25) is 0 Å². The number of hydrogen-bond acceptors (Lipinski definition) is 9. The fraction of sp³-hybridized carbons (Fsp3) is 0.357. The van der Waals surface area contributed by atoms with Crippen LogP contribution >= 0.6 is 0 Å². The number of anilines is 3. The molecule has 0 radical (unpaired) electrons. The number of ether oxygens (including phenoxy) is 3. The molecule has 39 heavy (non-hydrogen) atoms. The summed E-state index contributed by atoms with van der Waals surface area (Å²) in [4.78, 5) is 27.9. The van der Waals surface area contributed by atoms with Gasteiger partial charge in [-0.25, -0.2) is 19.7 Å². The van der Waals surface area contributed by atoms with Crippen molar-refractivity contribution in [1.82, 2.24) is 24.7 Å². The van der Waals surface area contributed by atoms with Crippen molar-refractivity contribution in [2.24, 2.45) is 0 Å². The Hall–Kier alpha value is -4.54. The van der Waals surface area contributed by atoms with Crippen molar-refractivity contribution in [3.63, 3.8) is 0 Å². The molecule has 6 heterocycles. The molecule has 3 aliphatic rings. The Morgan fingerprint density at radius 1 is 1.21 bits per heavy atom. The zero-order valence-corrected chi connectivity index (χ0v) is 21.6. The number of pyridine rings is 1. The summed E-state index contributed by atoms with van der Waals surface area (Å²) in [7, 11) is 1.66. The van der Waals surface area contributed by atoms with Gasteiger partial charge in [0.15, 0.2) is 11.5 Å². The number of carbonyl (C=O) groups is 1. The molecular formula is C28H29N7O4. The SMILES string of the molecule is COc1cc(Nc2nc(-c3cnc4c(c3)CCCO4)cn3ccnc23)ccc1N1CCCC2(CNC(=O)O2)C1. The van der Waals surface area contributed by atoms with Crippen LogP contribution < -0.4 is 25.0 Å². The molecule has 3 aliphatic heterocycles. The van der Waals surface area contributed by atoms with E-state index in [1.807, 2.05) is 35.0 Å². The summed E-state index contributed by atoms with van der Waals surface area (Å²) in [5.74, 6) is 2.06. The second-order valence-electron chi connectivity index (χ2n) is 10.2. The van der Waals surface area contributed by atoms with Gasteiger partial charge in [-0.1, -0.05) is 0 Å². The Labute approximate surface area is 225 Å². The Bertz CT molecular complexity index is 1570. The summed E-state index contributed by atoms with van der Waals surface area (Å²) < 4.78 is 19.1. The highest BCUT2D eigenvalue weighted by atomic mass is 16.6. The lowest BCUT2D eigenvalue weighted by molar-refractivity contribution is 0.0446. The number of alkyl carbamates (subject to hydrolysis) is 1. The predicted octanol–water partition coefficient (Wildman–Crippen LogP) is 3.95. The van der Waals surface area contributed by atoms with E-state index >= 15 is 0 Å². The number of fused-ring (bicyclic) bond motifs is 2. The van der Waals surface area contributed by atoms with E-state index in [4.69, 9.17) is 19.2 Å². The molecule has 2 fully saturated rings. The van der Waals surface area contributed by atoms with Gasteiger partial charge in [0, 0.05) is 54.2 Å². The van der Waals surface area contributed by atoms with Gasteiger partial charge in [0.25, 0.3) is 0 Å². The van der Waals surface area contributed by atoms with Gasteiger partial charge in [-0.2, -0.15) is 0 Å². The number of amides is 1. The lowest BCUT2D eigenvalue weighted by atomic mass is 9.92. The van der Waals surface area contributed by atoms with E-state index in [1.165, 1.54) is 0 Å². The summed E-state index contributed by atoms with van der Waals surface area (Å²) in [6.45, 7) is 2.71. The van der Waals surface area contributed by atoms with Crippen molar-refractivity contribution in [2.45, 2.75) is 31.3 Å². The Morgan fingerprint density at radius 3 is 3.03 bits per heavy atom. The first-order valence-electron chi connectivity index (χ1n) is 13.2. The lowest BCUT2D eigenvalue weighted by Gasteiger charge is -2.39. The molecule has 7 rings (SSSR count). The van der Waals surface area contributed by atoms with E-state index in [2.05, 4.69) is 31.6 Å². The van der Waals surface area contributed by atoms with Crippen LogP contribution in [0.5, 0.6) is 11.6 Å². The normalized spacial score (nSPS) is 20.3. The highest BCUT2D eigenvalue weighted by Crippen LogP contribution is 2.38. The molecule has 1 aromatic carbocycles. The van der Waals surface area contributed by atoms with Crippen LogP contribution in [-0.4, -0.2) is 64.4 Å². The summed E-state index contributed by atoms with van der Waals surface area (Å²) >= 11 is 0. The Kier molecular flexibility index (Phi) is 5.64. The van der Waals surface area contributed by atoms with Crippen LogP contribution in [0, 0.1) is 0 Å². The molecule has 0 bridgehead atoms. The third-order valence-corrected chi connectivity index (χ3v) is 7.61. The van der Waals surface area contributed by atoms with Gasteiger partial charge < -0.3 is 34.1 Å². The molecular weight excluding hydrogens is 498 g/mol. The first kappa shape index (κ1) is 23.6. The molecule has 4 aromatic rings. The number of carbonyl (C=O) groups excluding carboxylic acids is 1. The average molecular weight is 528 g/mol. The first-order chi connectivity index (χ1) is 19.1. The van der Waals surface area contributed by atoms with Gasteiger partial charge in [0.05, 0.1) is 38.2 Å². The van der Waals surface area contributed by atoms with Crippen molar-refractivity contribution < 1.29 is 19.0 Å². The molecule has 0 aliphatic carbocycles. The molecule has 1 unspecified atom stereocenters. The molecule has 0 saturated carbocycles. The second kappa shape index (κ2) is 9.33. The number of aryl methyl sites for hydroxylation is 1. The lowest BCUT2D eigenvalue weighted by Crippen LogP contribution is -2.50. The number of imidazole rings is 1. The smallest absolute Gasteiger partial charge is 0.407 e. The van der Waals surface area contributed by atoms with E-state index < -0.39 is 5.60 Å². The predicted molar refractivity (Wildman–Crippen MR) is 145 cm³/mol. The van der Waals surface area contributed by atoms with Gasteiger partial charge >= 0.3 is 6.09 Å². The van der Waals surface area contributed by atoms with Crippen molar-refractivity contribution in [3.8, 4) is 22.9 Å². The summed E-state index contributed by atoms with van der Waals surface area (Å²) in [6.07, 6.45) is 10.8. The Balaban J connectivity index is 1.19. The van der Waals surface area contributed by atoms with Gasteiger partial charge in [0.2, 0.25) is 5.88 Å². The monoisotopic (exact) mass is 527 g/mol. The molecule has 1 amide bonds. The van der Waals surface area contributed by atoms with E-state index in [0.29, 0.717) is 37.0 Å². The number of piperidine rings is 1. The quantitative estimate of drug-likeness (QED) is 0.398. The molecule has 3 aromatic heterocycles. The molecule has 1 spiro atoms. The Morgan fingerprint density at radius 2 is 2.15 bits per heavy atom. The average Bonchev–Trinajstić information content (AvgIpc) is 3.59. The molecule has 2 saturated heterocycles. The molecule has 200 valence electrons. The number of aromatic nitrogens is 4. The minimum atomic E-state index is -0.494. The van der Waals surface area contributed by atoms with Crippen LogP contribution in [0.3, 0.4) is 0 Å². The molecule has 1 atom stereocenters. The van der Waals surface area contributed by atoms with Gasteiger partial charge in [0.1, 0.15) is 11.4 Å². The van der Waals surface area contributed by atoms with Gasteiger partial charge in [-0.3, -0.25) is 0 Å². The third-order valence-electron chi connectivity index (χ3n) is 7.61. The molecule has 2 N–H and O–H groups in total. The fourth-order valence-corrected chi connectivity index (χ4v) is 5.72. The van der Waals surface area contributed by atoms with Crippen LogP contribution in [0.25, 0.3) is 16.9 Å². The summed E-state index contributed by atoms with van der Waals surface area (Å²) in [5, 5.41) is 6.25. The van der Waals surface area contributed by atoms with Crippen LogP contribution in [-0.2, 0) is 11.2 Å². The zero-order valence-electron chi connectivity index (χ0n) is 21.6. The van der Waals surface area contributed by atoms with Crippen molar-refractivity contribution in [2.75, 3.05) is 43.6 Å². The van der Waals surface area contributed by atoms with Gasteiger partial charge in [-0.15, -0.1) is 0 Å². The summed E-state index contributed by atoms with van der Waals surface area (Å²) in [5.41, 5.74) is 4.81.